The lowest BCUT2D eigenvalue weighted by Gasteiger charge is -2.10. The monoisotopic (exact) mass is 417 g/mol. The van der Waals surface area contributed by atoms with E-state index in [1.54, 1.807) is 30.3 Å². The molecule has 0 fully saturated rings. The molecule has 0 aliphatic rings. The second kappa shape index (κ2) is 8.12. The van der Waals surface area contributed by atoms with Crippen LogP contribution in [0, 0.1) is 21.4 Å². The number of aromatic nitrogens is 2. The molecule has 0 atom stereocenters. The predicted octanol–water partition coefficient (Wildman–Crippen LogP) is 4.62. The molecule has 1 aromatic heterocycles. The maximum atomic E-state index is 12.8. The maximum absolute atomic E-state index is 12.8. The molecule has 0 saturated carbocycles. The third-order valence-electron chi connectivity index (χ3n) is 4.15. The molecule has 0 aliphatic heterocycles. The van der Waals surface area contributed by atoms with E-state index < -0.39 is 22.5 Å². The summed E-state index contributed by atoms with van der Waals surface area (Å²) >= 11 is 0. The van der Waals surface area contributed by atoms with Gasteiger partial charge in [-0.15, -0.1) is 0 Å². The first-order valence-corrected chi connectivity index (χ1v) is 8.48. The Hall–Kier alpha value is -4.07. The van der Waals surface area contributed by atoms with Crippen LogP contribution in [-0.4, -0.2) is 14.5 Å². The first-order valence-electron chi connectivity index (χ1n) is 8.48. The fraction of sp³-hybridized carbons (Fsp3) is 0.158. The summed E-state index contributed by atoms with van der Waals surface area (Å²) in [6.45, 7) is 0.118. The van der Waals surface area contributed by atoms with Crippen molar-refractivity contribution >= 4 is 11.5 Å². The number of nitriles is 1. The largest absolute Gasteiger partial charge is 0.457 e. The quantitative estimate of drug-likeness (QED) is 0.463. The van der Waals surface area contributed by atoms with Crippen LogP contribution in [0.2, 0.25) is 0 Å². The number of alkyl halides is 3. The number of nitro groups is 1. The molecule has 1 heterocycles. The van der Waals surface area contributed by atoms with E-state index in [9.17, 15) is 23.3 Å². The predicted molar refractivity (Wildman–Crippen MR) is 99.9 cm³/mol. The van der Waals surface area contributed by atoms with E-state index in [2.05, 4.69) is 10.3 Å². The van der Waals surface area contributed by atoms with Gasteiger partial charge in [0.15, 0.2) is 0 Å². The third kappa shape index (κ3) is 4.49. The average Bonchev–Trinajstić information content (AvgIpc) is 3.03. The van der Waals surface area contributed by atoms with Gasteiger partial charge in [-0.1, -0.05) is 6.07 Å². The molecule has 2 aromatic carbocycles. The van der Waals surface area contributed by atoms with Crippen molar-refractivity contribution in [3.05, 3.63) is 75.7 Å². The number of halogens is 3. The summed E-state index contributed by atoms with van der Waals surface area (Å²) in [4.78, 5) is 14.1. The van der Waals surface area contributed by atoms with Gasteiger partial charge in [0.05, 0.1) is 12.1 Å². The van der Waals surface area contributed by atoms with Gasteiger partial charge >= 0.3 is 12.0 Å². The van der Waals surface area contributed by atoms with Crippen molar-refractivity contribution < 1.29 is 22.8 Å². The van der Waals surface area contributed by atoms with E-state index in [0.717, 1.165) is 12.1 Å². The Morgan fingerprint density at radius 3 is 2.50 bits per heavy atom. The summed E-state index contributed by atoms with van der Waals surface area (Å²) in [5, 5.41) is 23.0. The Kier molecular flexibility index (Phi) is 5.59. The van der Waals surface area contributed by atoms with Gasteiger partial charge in [-0.05, 0) is 52.4 Å². The van der Waals surface area contributed by atoms with Crippen LogP contribution in [0.3, 0.4) is 0 Å². The van der Waals surface area contributed by atoms with E-state index in [0.29, 0.717) is 17.3 Å². The molecule has 8 nitrogen and oxygen atoms in total. The highest BCUT2D eigenvalue weighted by Crippen LogP contribution is 2.33. The number of ether oxygens (including phenoxy) is 1. The van der Waals surface area contributed by atoms with Crippen LogP contribution in [0.5, 0.6) is 11.5 Å². The number of nitrogens with one attached hydrogen (secondary N) is 1. The smallest absolute Gasteiger partial charge is 0.416 e. The number of imidazole rings is 1. The minimum Gasteiger partial charge on any atom is -0.457 e. The van der Waals surface area contributed by atoms with E-state index >= 15 is 0 Å². The first kappa shape index (κ1) is 20.7. The fourth-order valence-corrected chi connectivity index (χ4v) is 2.63. The summed E-state index contributed by atoms with van der Waals surface area (Å²) in [5.74, 6) is 0.165. The molecule has 3 rings (SSSR count). The molecule has 11 heteroatoms. The van der Waals surface area contributed by atoms with Gasteiger partial charge < -0.3 is 20.2 Å². The van der Waals surface area contributed by atoms with Gasteiger partial charge in [0.25, 0.3) is 0 Å². The molecule has 0 amide bonds. The van der Waals surface area contributed by atoms with E-state index in [-0.39, 0.29) is 18.0 Å². The molecule has 154 valence electrons. The van der Waals surface area contributed by atoms with E-state index in [4.69, 9.17) is 10.00 Å². The van der Waals surface area contributed by atoms with Gasteiger partial charge in [0.1, 0.15) is 17.6 Å². The summed E-state index contributed by atoms with van der Waals surface area (Å²) in [7, 11) is 1.50. The summed E-state index contributed by atoms with van der Waals surface area (Å²) < 4.78 is 45.1. The molecule has 0 bridgehead atoms. The van der Waals surface area contributed by atoms with Crippen molar-refractivity contribution in [3.63, 3.8) is 0 Å². The zero-order chi connectivity index (χ0) is 21.9. The number of rotatable bonds is 6. The summed E-state index contributed by atoms with van der Waals surface area (Å²) in [6, 6.07) is 12.7. The van der Waals surface area contributed by atoms with Gasteiger partial charge in [0, 0.05) is 12.7 Å². The number of anilines is 1. The molecule has 3 aromatic rings. The number of hydrogen-bond donors (Lipinski definition) is 1. The first-order chi connectivity index (χ1) is 14.2. The molecular weight excluding hydrogens is 403 g/mol. The van der Waals surface area contributed by atoms with Crippen LogP contribution in [0.25, 0.3) is 0 Å². The zero-order valence-corrected chi connectivity index (χ0v) is 15.5. The molecule has 0 saturated heterocycles. The minimum absolute atomic E-state index is 0.0508. The SMILES string of the molecule is Cn1c(CNc2ccc(Oc3cccc(C(F)(F)F)c3)cc2)nc([N+](=O)[O-])c1C#N. The second-order valence-corrected chi connectivity index (χ2v) is 6.13. The molecular formula is C19H14F3N5O3. The highest BCUT2D eigenvalue weighted by molar-refractivity contribution is 5.48. The van der Waals surface area contributed by atoms with Gasteiger partial charge in [-0.25, -0.2) is 0 Å². The topological polar surface area (TPSA) is 106 Å². The van der Waals surface area contributed by atoms with Gasteiger partial charge in [-0.2, -0.15) is 18.4 Å². The molecule has 0 aliphatic carbocycles. The highest BCUT2D eigenvalue weighted by Gasteiger charge is 2.30. The standard InChI is InChI=1S/C19H14F3N5O3/c1-26-16(10-23)18(27(28)29)25-17(26)11-24-13-5-7-14(8-6-13)30-15-4-2-3-12(9-15)19(20,21)22/h2-9,24H,11H2,1H3. The lowest BCUT2D eigenvalue weighted by molar-refractivity contribution is -0.389. The lowest BCUT2D eigenvalue weighted by Crippen LogP contribution is -2.06. The fourth-order valence-electron chi connectivity index (χ4n) is 2.63. The lowest BCUT2D eigenvalue weighted by atomic mass is 10.2. The van der Waals surface area contributed by atoms with Crippen LogP contribution in [0.15, 0.2) is 48.5 Å². The van der Waals surface area contributed by atoms with Crippen LogP contribution < -0.4 is 10.1 Å². The highest BCUT2D eigenvalue weighted by atomic mass is 19.4. The van der Waals surface area contributed by atoms with Crippen molar-refractivity contribution in [2.45, 2.75) is 12.7 Å². The number of benzene rings is 2. The Bertz CT molecular complexity index is 1120. The summed E-state index contributed by atoms with van der Waals surface area (Å²) in [6.07, 6.45) is -4.46. The Balaban J connectivity index is 1.68. The maximum Gasteiger partial charge on any atom is 0.416 e. The molecule has 1 N–H and O–H groups in total. The zero-order valence-electron chi connectivity index (χ0n) is 15.5. The second-order valence-electron chi connectivity index (χ2n) is 6.13. The normalized spacial score (nSPS) is 11.0. The average molecular weight is 417 g/mol. The van der Waals surface area contributed by atoms with Crippen molar-refractivity contribution in [1.82, 2.24) is 9.55 Å². The van der Waals surface area contributed by atoms with E-state index in [1.165, 1.54) is 23.7 Å². The van der Waals surface area contributed by atoms with Crippen LogP contribution in [0.4, 0.5) is 24.7 Å². The van der Waals surface area contributed by atoms with Crippen LogP contribution in [0.1, 0.15) is 17.1 Å². The van der Waals surface area contributed by atoms with Gasteiger partial charge in [0.2, 0.25) is 11.5 Å². The van der Waals surface area contributed by atoms with Crippen LogP contribution >= 0.6 is 0 Å². The molecule has 0 unspecified atom stereocenters. The summed E-state index contributed by atoms with van der Waals surface area (Å²) in [5.41, 5.74) is -0.337. The minimum atomic E-state index is -4.46. The number of hydrogen-bond acceptors (Lipinski definition) is 6. The third-order valence-corrected chi connectivity index (χ3v) is 4.15. The van der Waals surface area contributed by atoms with Crippen molar-refractivity contribution in [1.29, 1.82) is 5.26 Å². The molecule has 0 radical (unpaired) electrons. The Morgan fingerprint density at radius 2 is 1.93 bits per heavy atom. The Morgan fingerprint density at radius 1 is 1.23 bits per heavy atom. The van der Waals surface area contributed by atoms with Crippen molar-refractivity contribution in [2.24, 2.45) is 7.05 Å². The van der Waals surface area contributed by atoms with Crippen molar-refractivity contribution in [3.8, 4) is 17.6 Å². The molecule has 0 spiro atoms. The van der Waals surface area contributed by atoms with Crippen molar-refractivity contribution in [2.75, 3.05) is 5.32 Å². The van der Waals surface area contributed by atoms with Crippen LogP contribution in [-0.2, 0) is 19.8 Å². The molecule has 30 heavy (non-hydrogen) atoms. The Labute approximate surface area is 168 Å². The van der Waals surface area contributed by atoms with Gasteiger partial charge in [-0.3, -0.25) is 4.57 Å². The van der Waals surface area contributed by atoms with E-state index in [1.807, 2.05) is 0 Å². The number of nitrogens with zero attached hydrogens (tertiary/aromatic N) is 4.